The number of nitrogens with one attached hydrogen (secondary N) is 1. The van der Waals surface area contributed by atoms with Crippen LogP contribution in [0.15, 0.2) is 48.5 Å². The SMILES string of the molecule is CC(CCNc1c(N)cccc1Cl)c1ccccc1. The maximum absolute atomic E-state index is 6.12. The smallest absolute Gasteiger partial charge is 0.0763 e. The fourth-order valence-electron chi connectivity index (χ4n) is 2.09. The summed E-state index contributed by atoms with van der Waals surface area (Å²) in [5, 5.41) is 4.00. The molecular formula is C16H19ClN2. The van der Waals surface area contributed by atoms with Crippen LogP contribution in [0.3, 0.4) is 0 Å². The van der Waals surface area contributed by atoms with Crippen molar-refractivity contribution in [1.82, 2.24) is 0 Å². The maximum atomic E-state index is 6.12. The Morgan fingerprint density at radius 3 is 2.53 bits per heavy atom. The van der Waals surface area contributed by atoms with Crippen molar-refractivity contribution < 1.29 is 0 Å². The van der Waals surface area contributed by atoms with Crippen molar-refractivity contribution in [2.24, 2.45) is 0 Å². The number of benzene rings is 2. The standard InChI is InChI=1S/C16H19ClN2/c1-12(13-6-3-2-4-7-13)10-11-19-16-14(17)8-5-9-15(16)18/h2-9,12,19H,10-11,18H2,1H3. The van der Waals surface area contributed by atoms with E-state index >= 15 is 0 Å². The lowest BCUT2D eigenvalue weighted by Gasteiger charge is -2.15. The average Bonchev–Trinajstić information content (AvgIpc) is 2.43. The molecule has 100 valence electrons. The first-order valence-electron chi connectivity index (χ1n) is 6.51. The van der Waals surface area contributed by atoms with Gasteiger partial charge in [-0.05, 0) is 30.0 Å². The Hall–Kier alpha value is -1.67. The molecule has 0 saturated heterocycles. The Bertz CT molecular complexity index is 505. The van der Waals surface area contributed by atoms with E-state index < -0.39 is 0 Å². The molecule has 0 spiro atoms. The molecule has 2 rings (SSSR count). The van der Waals surface area contributed by atoms with Gasteiger partial charge in [0.1, 0.15) is 0 Å². The Labute approximate surface area is 119 Å². The molecule has 2 nitrogen and oxygen atoms in total. The van der Waals surface area contributed by atoms with Gasteiger partial charge in [-0.1, -0.05) is 54.9 Å². The highest BCUT2D eigenvalue weighted by Crippen LogP contribution is 2.28. The van der Waals surface area contributed by atoms with Crippen molar-refractivity contribution in [3.05, 3.63) is 59.1 Å². The van der Waals surface area contributed by atoms with Crippen LogP contribution in [0.25, 0.3) is 0 Å². The van der Waals surface area contributed by atoms with Crippen LogP contribution >= 0.6 is 11.6 Å². The van der Waals surface area contributed by atoms with Crippen molar-refractivity contribution in [2.75, 3.05) is 17.6 Å². The summed E-state index contributed by atoms with van der Waals surface area (Å²) in [6, 6.07) is 16.1. The van der Waals surface area contributed by atoms with E-state index in [0.29, 0.717) is 16.6 Å². The van der Waals surface area contributed by atoms with E-state index in [4.69, 9.17) is 17.3 Å². The van der Waals surface area contributed by atoms with Crippen LogP contribution in [0.4, 0.5) is 11.4 Å². The highest BCUT2D eigenvalue weighted by atomic mass is 35.5. The quantitative estimate of drug-likeness (QED) is 0.786. The predicted octanol–water partition coefficient (Wildman–Crippen LogP) is 4.53. The summed E-state index contributed by atoms with van der Waals surface area (Å²) in [7, 11) is 0. The molecule has 0 amide bonds. The Morgan fingerprint density at radius 1 is 1.11 bits per heavy atom. The summed E-state index contributed by atoms with van der Waals surface area (Å²) in [6.45, 7) is 3.08. The molecule has 2 aromatic rings. The molecule has 0 fully saturated rings. The monoisotopic (exact) mass is 274 g/mol. The molecule has 0 aliphatic heterocycles. The van der Waals surface area contributed by atoms with Crippen LogP contribution in [-0.4, -0.2) is 6.54 Å². The van der Waals surface area contributed by atoms with Crippen LogP contribution < -0.4 is 11.1 Å². The number of nitrogen functional groups attached to an aromatic ring is 1. The molecule has 0 bridgehead atoms. The second-order valence-electron chi connectivity index (χ2n) is 4.73. The van der Waals surface area contributed by atoms with Crippen LogP contribution in [0.1, 0.15) is 24.8 Å². The molecule has 3 heteroatoms. The predicted molar refractivity (Wildman–Crippen MR) is 83.8 cm³/mol. The van der Waals surface area contributed by atoms with Gasteiger partial charge in [-0.3, -0.25) is 0 Å². The number of para-hydroxylation sites is 1. The first-order chi connectivity index (χ1) is 9.18. The van der Waals surface area contributed by atoms with Gasteiger partial charge in [0.05, 0.1) is 16.4 Å². The maximum Gasteiger partial charge on any atom is 0.0763 e. The summed E-state index contributed by atoms with van der Waals surface area (Å²) in [5.41, 5.74) is 8.79. The number of nitrogens with two attached hydrogens (primary N) is 1. The zero-order valence-electron chi connectivity index (χ0n) is 11.1. The number of hydrogen-bond acceptors (Lipinski definition) is 2. The topological polar surface area (TPSA) is 38.0 Å². The molecule has 2 aromatic carbocycles. The normalized spacial score (nSPS) is 12.1. The van der Waals surface area contributed by atoms with E-state index in [-0.39, 0.29) is 0 Å². The minimum absolute atomic E-state index is 0.511. The number of hydrogen-bond donors (Lipinski definition) is 2. The number of halogens is 1. The second-order valence-corrected chi connectivity index (χ2v) is 5.14. The Kier molecular flexibility index (Phi) is 4.69. The zero-order valence-corrected chi connectivity index (χ0v) is 11.8. The molecule has 1 unspecified atom stereocenters. The van der Waals surface area contributed by atoms with Crippen LogP contribution in [0, 0.1) is 0 Å². The summed E-state index contributed by atoms with van der Waals surface area (Å²) in [5.74, 6) is 0.511. The summed E-state index contributed by atoms with van der Waals surface area (Å²) in [4.78, 5) is 0. The molecule has 19 heavy (non-hydrogen) atoms. The highest BCUT2D eigenvalue weighted by Gasteiger charge is 2.07. The van der Waals surface area contributed by atoms with Crippen molar-refractivity contribution in [1.29, 1.82) is 0 Å². The molecule has 0 aromatic heterocycles. The van der Waals surface area contributed by atoms with E-state index in [1.807, 2.05) is 24.3 Å². The van der Waals surface area contributed by atoms with Crippen LogP contribution in [0.2, 0.25) is 5.02 Å². The first-order valence-corrected chi connectivity index (χ1v) is 6.89. The van der Waals surface area contributed by atoms with E-state index in [2.05, 4.69) is 36.5 Å². The molecular weight excluding hydrogens is 256 g/mol. The third-order valence-electron chi connectivity index (χ3n) is 3.29. The Balaban J connectivity index is 1.90. The van der Waals surface area contributed by atoms with Crippen molar-refractivity contribution in [3.8, 4) is 0 Å². The van der Waals surface area contributed by atoms with Crippen molar-refractivity contribution in [3.63, 3.8) is 0 Å². The van der Waals surface area contributed by atoms with Gasteiger partial charge in [-0.15, -0.1) is 0 Å². The van der Waals surface area contributed by atoms with Gasteiger partial charge in [-0.2, -0.15) is 0 Å². The average molecular weight is 275 g/mol. The van der Waals surface area contributed by atoms with E-state index in [1.54, 1.807) is 0 Å². The van der Waals surface area contributed by atoms with Gasteiger partial charge >= 0.3 is 0 Å². The minimum Gasteiger partial charge on any atom is -0.397 e. The lowest BCUT2D eigenvalue weighted by Crippen LogP contribution is -2.08. The highest BCUT2D eigenvalue weighted by molar-refractivity contribution is 6.33. The summed E-state index contributed by atoms with van der Waals surface area (Å²) >= 11 is 6.12. The van der Waals surface area contributed by atoms with Gasteiger partial charge in [0.25, 0.3) is 0 Å². The molecule has 3 N–H and O–H groups in total. The lowest BCUT2D eigenvalue weighted by atomic mass is 9.98. The number of rotatable bonds is 5. The van der Waals surface area contributed by atoms with Gasteiger partial charge in [0.15, 0.2) is 0 Å². The lowest BCUT2D eigenvalue weighted by molar-refractivity contribution is 0.706. The third-order valence-corrected chi connectivity index (χ3v) is 3.61. The van der Waals surface area contributed by atoms with Crippen molar-refractivity contribution in [2.45, 2.75) is 19.3 Å². The second kappa shape index (κ2) is 6.48. The number of anilines is 2. The van der Waals surface area contributed by atoms with Crippen LogP contribution in [-0.2, 0) is 0 Å². The van der Waals surface area contributed by atoms with E-state index in [9.17, 15) is 0 Å². The van der Waals surface area contributed by atoms with Gasteiger partial charge in [-0.25, -0.2) is 0 Å². The van der Waals surface area contributed by atoms with Gasteiger partial charge in [0, 0.05) is 6.54 Å². The van der Waals surface area contributed by atoms with Gasteiger partial charge < -0.3 is 11.1 Å². The fraction of sp³-hybridized carbons (Fsp3) is 0.250. The molecule has 0 aliphatic rings. The third kappa shape index (κ3) is 3.65. The molecule has 0 saturated carbocycles. The first kappa shape index (κ1) is 13.8. The molecule has 0 radical (unpaired) electrons. The van der Waals surface area contributed by atoms with E-state index in [0.717, 1.165) is 18.7 Å². The Morgan fingerprint density at radius 2 is 1.84 bits per heavy atom. The minimum atomic E-state index is 0.511. The summed E-state index contributed by atoms with van der Waals surface area (Å²) in [6.07, 6.45) is 1.04. The summed E-state index contributed by atoms with van der Waals surface area (Å²) < 4.78 is 0. The largest absolute Gasteiger partial charge is 0.397 e. The van der Waals surface area contributed by atoms with Gasteiger partial charge in [0.2, 0.25) is 0 Å². The molecule has 1 atom stereocenters. The zero-order chi connectivity index (χ0) is 13.7. The van der Waals surface area contributed by atoms with Crippen LogP contribution in [0.5, 0.6) is 0 Å². The molecule has 0 aliphatic carbocycles. The molecule has 0 heterocycles. The van der Waals surface area contributed by atoms with E-state index in [1.165, 1.54) is 5.56 Å². The van der Waals surface area contributed by atoms with Crippen molar-refractivity contribution >= 4 is 23.0 Å². The fourth-order valence-corrected chi connectivity index (χ4v) is 2.34.